The van der Waals surface area contributed by atoms with Gasteiger partial charge in [0.25, 0.3) is 0 Å². The minimum Gasteiger partial charge on any atom is -0.356 e. The van der Waals surface area contributed by atoms with Crippen LogP contribution in [-0.2, 0) is 0 Å². The molecule has 0 saturated heterocycles. The van der Waals surface area contributed by atoms with Crippen LogP contribution in [0.15, 0.2) is 36.4 Å². The maximum absolute atomic E-state index is 4.01. The molecule has 2 heterocycles. The molecule has 0 amide bonds. The SMILES string of the molecule is C=c1ccccc(=C)[nH]c(C2=CCCNC2)c1.CC.CC. The summed E-state index contributed by atoms with van der Waals surface area (Å²) in [7, 11) is 0. The van der Waals surface area contributed by atoms with Crippen molar-refractivity contribution in [3.05, 3.63) is 52.7 Å². The van der Waals surface area contributed by atoms with Crippen molar-refractivity contribution in [1.82, 2.24) is 10.3 Å². The Morgan fingerprint density at radius 1 is 1.00 bits per heavy atom. The van der Waals surface area contributed by atoms with Gasteiger partial charge >= 0.3 is 0 Å². The normalized spacial score (nSPS) is 12.7. The van der Waals surface area contributed by atoms with Crippen LogP contribution in [0.1, 0.15) is 39.8 Å². The summed E-state index contributed by atoms with van der Waals surface area (Å²) in [6.45, 7) is 17.9. The lowest BCUT2D eigenvalue weighted by molar-refractivity contribution is 0.737. The molecule has 0 aromatic carbocycles. The summed E-state index contributed by atoms with van der Waals surface area (Å²) in [6.07, 6.45) is 3.33. The van der Waals surface area contributed by atoms with Crippen LogP contribution in [0.4, 0.5) is 0 Å². The van der Waals surface area contributed by atoms with Gasteiger partial charge in [-0.1, -0.05) is 65.1 Å². The summed E-state index contributed by atoms with van der Waals surface area (Å²) >= 11 is 0. The fourth-order valence-corrected chi connectivity index (χ4v) is 1.86. The lowest BCUT2D eigenvalue weighted by Crippen LogP contribution is -2.22. The van der Waals surface area contributed by atoms with Crippen LogP contribution in [0.5, 0.6) is 0 Å². The third-order valence-electron chi connectivity index (χ3n) is 2.72. The minimum atomic E-state index is 0.891. The maximum atomic E-state index is 4.01. The zero-order chi connectivity index (χ0) is 16.1. The Morgan fingerprint density at radius 3 is 2.29 bits per heavy atom. The first-order chi connectivity index (χ1) is 10.3. The van der Waals surface area contributed by atoms with E-state index >= 15 is 0 Å². The van der Waals surface area contributed by atoms with Gasteiger partial charge in [-0.05, 0) is 35.9 Å². The summed E-state index contributed by atoms with van der Waals surface area (Å²) < 4.78 is 0. The molecule has 1 aromatic heterocycles. The fraction of sp³-hybridized carbons (Fsp3) is 0.368. The highest BCUT2D eigenvalue weighted by Gasteiger charge is 2.04. The highest BCUT2D eigenvalue weighted by Crippen LogP contribution is 2.10. The standard InChI is InChI=1S/C15H18N2.2C2H6/c1-12-6-3-4-7-13(2)17-15(10-12)14-8-5-9-16-11-14;2*1-2/h3-4,6-8,10,16-17H,1-2,5,9,11H2;2*1-2H3. The summed E-state index contributed by atoms with van der Waals surface area (Å²) in [4.78, 5) is 3.33. The third-order valence-corrected chi connectivity index (χ3v) is 2.72. The van der Waals surface area contributed by atoms with Gasteiger partial charge in [-0.25, -0.2) is 0 Å². The van der Waals surface area contributed by atoms with E-state index in [-0.39, 0.29) is 0 Å². The van der Waals surface area contributed by atoms with Gasteiger partial charge in [-0.2, -0.15) is 0 Å². The van der Waals surface area contributed by atoms with Crippen molar-refractivity contribution >= 4 is 18.7 Å². The van der Waals surface area contributed by atoms with Gasteiger partial charge in [0.05, 0.1) is 0 Å². The highest BCUT2D eigenvalue weighted by atomic mass is 14.9. The third kappa shape index (κ3) is 7.52. The van der Waals surface area contributed by atoms with Gasteiger partial charge in [0.15, 0.2) is 0 Å². The largest absolute Gasteiger partial charge is 0.356 e. The van der Waals surface area contributed by atoms with Crippen LogP contribution in [0.25, 0.3) is 18.7 Å². The molecular formula is C19H30N2. The first kappa shape index (κ1) is 19.2. The topological polar surface area (TPSA) is 27.8 Å². The highest BCUT2D eigenvalue weighted by molar-refractivity contribution is 5.64. The van der Waals surface area contributed by atoms with Gasteiger partial charge in [-0.3, -0.25) is 0 Å². The van der Waals surface area contributed by atoms with E-state index in [2.05, 4.69) is 35.6 Å². The van der Waals surface area contributed by atoms with Gasteiger partial charge < -0.3 is 10.3 Å². The predicted octanol–water partition coefficient (Wildman–Crippen LogP) is 3.39. The summed E-state index contributed by atoms with van der Waals surface area (Å²) in [5, 5.41) is 5.24. The maximum Gasteiger partial charge on any atom is 0.0432 e. The van der Waals surface area contributed by atoms with Crippen molar-refractivity contribution in [2.45, 2.75) is 34.1 Å². The second kappa shape index (κ2) is 12.0. The van der Waals surface area contributed by atoms with Crippen molar-refractivity contribution in [1.29, 1.82) is 0 Å². The van der Waals surface area contributed by atoms with Crippen LogP contribution in [0.2, 0.25) is 0 Å². The number of aromatic nitrogens is 1. The molecule has 0 radical (unpaired) electrons. The van der Waals surface area contributed by atoms with Crippen molar-refractivity contribution in [2.24, 2.45) is 0 Å². The molecule has 1 aliphatic rings. The van der Waals surface area contributed by atoms with Crippen molar-refractivity contribution in [3.8, 4) is 0 Å². The fourth-order valence-electron chi connectivity index (χ4n) is 1.86. The number of H-pyrrole nitrogens is 1. The second-order valence-corrected chi connectivity index (χ2v) is 4.20. The van der Waals surface area contributed by atoms with Crippen LogP contribution in [0, 0.1) is 0 Å². The molecule has 0 aliphatic carbocycles. The Labute approximate surface area is 129 Å². The molecule has 0 fully saturated rings. The Kier molecular flexibility index (Phi) is 11.0. The molecule has 2 heteroatoms. The lowest BCUT2D eigenvalue weighted by atomic mass is 10.1. The van der Waals surface area contributed by atoms with E-state index in [1.165, 1.54) is 5.57 Å². The zero-order valence-corrected chi connectivity index (χ0v) is 14.0. The van der Waals surface area contributed by atoms with Crippen LogP contribution < -0.4 is 15.9 Å². The van der Waals surface area contributed by atoms with Gasteiger partial charge in [0.2, 0.25) is 0 Å². The van der Waals surface area contributed by atoms with Crippen LogP contribution in [-0.4, -0.2) is 18.1 Å². The Hall–Kier alpha value is -1.80. The molecule has 0 saturated carbocycles. The van der Waals surface area contributed by atoms with E-state index in [0.717, 1.165) is 35.8 Å². The van der Waals surface area contributed by atoms with Gasteiger partial charge in [0, 0.05) is 17.6 Å². The number of rotatable bonds is 1. The summed E-state index contributed by atoms with van der Waals surface area (Å²) in [5.74, 6) is 0. The van der Waals surface area contributed by atoms with Gasteiger partial charge in [0.1, 0.15) is 0 Å². The first-order valence-corrected chi connectivity index (χ1v) is 7.87. The van der Waals surface area contributed by atoms with Crippen molar-refractivity contribution < 1.29 is 0 Å². The average molecular weight is 286 g/mol. The molecule has 1 aliphatic heterocycles. The van der Waals surface area contributed by atoms with Gasteiger partial charge in [-0.15, -0.1) is 0 Å². The van der Waals surface area contributed by atoms with E-state index in [1.807, 2.05) is 52.0 Å². The summed E-state index contributed by atoms with van der Waals surface area (Å²) in [5.41, 5.74) is 2.37. The van der Waals surface area contributed by atoms with E-state index in [0.29, 0.717) is 0 Å². The van der Waals surface area contributed by atoms with E-state index in [1.54, 1.807) is 0 Å². The molecule has 2 nitrogen and oxygen atoms in total. The van der Waals surface area contributed by atoms with Crippen LogP contribution >= 0.6 is 0 Å². The molecule has 2 rings (SSSR count). The molecule has 0 spiro atoms. The van der Waals surface area contributed by atoms with Crippen molar-refractivity contribution in [2.75, 3.05) is 13.1 Å². The quantitative estimate of drug-likeness (QED) is 0.814. The summed E-state index contributed by atoms with van der Waals surface area (Å²) in [6, 6.07) is 9.95. The molecule has 0 bridgehead atoms. The number of hydrogen-bond donors (Lipinski definition) is 2. The predicted molar refractivity (Wildman–Crippen MR) is 96.9 cm³/mol. The second-order valence-electron chi connectivity index (χ2n) is 4.20. The zero-order valence-electron chi connectivity index (χ0n) is 14.0. The molecular weight excluding hydrogens is 256 g/mol. The minimum absolute atomic E-state index is 0.891. The number of nitrogens with one attached hydrogen (secondary N) is 2. The average Bonchev–Trinajstić information content (AvgIpc) is 2.63. The Balaban J connectivity index is 0.000000921. The monoisotopic (exact) mass is 286 g/mol. The Bertz CT molecular complexity index is 528. The first-order valence-electron chi connectivity index (χ1n) is 7.87. The van der Waals surface area contributed by atoms with E-state index < -0.39 is 0 Å². The molecule has 1 aromatic rings. The number of aromatic amines is 1. The Morgan fingerprint density at radius 2 is 1.67 bits per heavy atom. The van der Waals surface area contributed by atoms with E-state index in [4.69, 9.17) is 0 Å². The molecule has 0 atom stereocenters. The lowest BCUT2D eigenvalue weighted by Gasteiger charge is -2.13. The molecule has 0 unspecified atom stereocenters. The number of hydrogen-bond acceptors (Lipinski definition) is 1. The molecule has 116 valence electrons. The van der Waals surface area contributed by atoms with Crippen molar-refractivity contribution in [3.63, 3.8) is 0 Å². The van der Waals surface area contributed by atoms with E-state index in [9.17, 15) is 0 Å². The molecule has 2 N–H and O–H groups in total. The smallest absolute Gasteiger partial charge is 0.0432 e. The molecule has 21 heavy (non-hydrogen) atoms. The van der Waals surface area contributed by atoms with Crippen LogP contribution in [0.3, 0.4) is 0 Å².